The standard InChI is InChI=1S/C12H21N5O/c1-11(2)7(12(11,3)4)6-14-9-15-8(13)16-10(17-9)18-5/h7H,6H2,1-5H3,(H3,13,14,15,16,17). The molecular formula is C12H21N5O. The normalized spacial score (nSPS) is 20.5. The van der Waals surface area contributed by atoms with Gasteiger partial charge >= 0.3 is 6.01 Å². The summed E-state index contributed by atoms with van der Waals surface area (Å²) in [5, 5.41) is 3.21. The topological polar surface area (TPSA) is 86.0 Å². The highest BCUT2D eigenvalue weighted by Gasteiger charge is 2.64. The highest BCUT2D eigenvalue weighted by Crippen LogP contribution is 2.68. The number of nitrogens with zero attached hydrogens (tertiary/aromatic N) is 3. The van der Waals surface area contributed by atoms with Gasteiger partial charge in [0.05, 0.1) is 7.11 Å². The molecule has 1 aliphatic rings. The van der Waals surface area contributed by atoms with Crippen molar-refractivity contribution in [3.05, 3.63) is 0 Å². The van der Waals surface area contributed by atoms with E-state index in [1.54, 1.807) is 0 Å². The third-order valence-corrected chi connectivity index (χ3v) is 4.60. The molecule has 0 saturated heterocycles. The van der Waals surface area contributed by atoms with Gasteiger partial charge in [0, 0.05) is 6.54 Å². The number of nitrogen functional groups attached to an aromatic ring is 1. The Bertz CT molecular complexity index is 444. The molecule has 0 atom stereocenters. The minimum absolute atomic E-state index is 0.165. The number of nitrogens with one attached hydrogen (secondary N) is 1. The van der Waals surface area contributed by atoms with Crippen molar-refractivity contribution < 1.29 is 4.74 Å². The number of aromatic nitrogens is 3. The smallest absolute Gasteiger partial charge is 0.322 e. The van der Waals surface area contributed by atoms with Crippen LogP contribution in [0.5, 0.6) is 6.01 Å². The van der Waals surface area contributed by atoms with E-state index in [9.17, 15) is 0 Å². The van der Waals surface area contributed by atoms with Gasteiger partial charge in [-0.2, -0.15) is 15.0 Å². The van der Waals surface area contributed by atoms with Crippen LogP contribution in [-0.4, -0.2) is 28.6 Å². The molecule has 2 rings (SSSR count). The van der Waals surface area contributed by atoms with Crippen molar-refractivity contribution in [2.45, 2.75) is 27.7 Å². The average molecular weight is 251 g/mol. The maximum Gasteiger partial charge on any atom is 0.322 e. The predicted octanol–water partition coefficient (Wildman–Crippen LogP) is 1.56. The van der Waals surface area contributed by atoms with Crippen LogP contribution >= 0.6 is 0 Å². The van der Waals surface area contributed by atoms with Gasteiger partial charge in [0.1, 0.15) is 0 Å². The molecule has 0 aliphatic heterocycles. The molecule has 18 heavy (non-hydrogen) atoms. The summed E-state index contributed by atoms with van der Waals surface area (Å²) in [5.74, 6) is 1.23. The molecule has 0 radical (unpaired) electrons. The maximum absolute atomic E-state index is 5.58. The Labute approximate surface area is 107 Å². The fourth-order valence-corrected chi connectivity index (χ4v) is 2.58. The Hall–Kier alpha value is -1.59. The van der Waals surface area contributed by atoms with E-state index in [1.807, 2.05) is 0 Å². The Morgan fingerprint density at radius 2 is 1.78 bits per heavy atom. The third kappa shape index (κ3) is 1.95. The number of anilines is 2. The van der Waals surface area contributed by atoms with Gasteiger partial charge in [0.25, 0.3) is 0 Å². The van der Waals surface area contributed by atoms with Crippen LogP contribution in [0.1, 0.15) is 27.7 Å². The van der Waals surface area contributed by atoms with E-state index in [0.29, 0.717) is 22.7 Å². The van der Waals surface area contributed by atoms with Gasteiger partial charge in [-0.1, -0.05) is 27.7 Å². The second-order valence-corrected chi connectivity index (χ2v) is 5.88. The van der Waals surface area contributed by atoms with E-state index in [1.165, 1.54) is 7.11 Å². The fraction of sp³-hybridized carbons (Fsp3) is 0.750. The van der Waals surface area contributed by atoms with E-state index < -0.39 is 0 Å². The summed E-state index contributed by atoms with van der Waals surface area (Å²) in [6.45, 7) is 9.94. The summed E-state index contributed by atoms with van der Waals surface area (Å²) in [5.41, 5.74) is 6.25. The molecule has 100 valence electrons. The van der Waals surface area contributed by atoms with E-state index in [0.717, 1.165) is 6.54 Å². The molecular weight excluding hydrogens is 230 g/mol. The molecule has 1 saturated carbocycles. The first-order valence-electron chi connectivity index (χ1n) is 6.08. The van der Waals surface area contributed by atoms with E-state index >= 15 is 0 Å². The SMILES string of the molecule is COc1nc(N)nc(NCC2C(C)(C)C2(C)C)n1. The second-order valence-electron chi connectivity index (χ2n) is 5.88. The van der Waals surface area contributed by atoms with E-state index in [4.69, 9.17) is 10.5 Å². The predicted molar refractivity (Wildman–Crippen MR) is 70.3 cm³/mol. The number of hydrogen-bond acceptors (Lipinski definition) is 6. The lowest BCUT2D eigenvalue weighted by atomic mass is 10.0. The minimum atomic E-state index is 0.165. The molecule has 0 bridgehead atoms. The molecule has 0 unspecified atom stereocenters. The first kappa shape index (κ1) is 12.9. The summed E-state index contributed by atoms with van der Waals surface area (Å²) in [4.78, 5) is 12.0. The Morgan fingerprint density at radius 1 is 1.17 bits per heavy atom. The summed E-state index contributed by atoms with van der Waals surface area (Å²) in [7, 11) is 1.51. The van der Waals surface area contributed by atoms with Gasteiger partial charge in [0.15, 0.2) is 0 Å². The van der Waals surface area contributed by atoms with Crippen LogP contribution in [-0.2, 0) is 0 Å². The van der Waals surface area contributed by atoms with Gasteiger partial charge < -0.3 is 15.8 Å². The fourth-order valence-electron chi connectivity index (χ4n) is 2.58. The van der Waals surface area contributed by atoms with Crippen LogP contribution in [0, 0.1) is 16.7 Å². The van der Waals surface area contributed by atoms with Crippen LogP contribution in [0.2, 0.25) is 0 Å². The van der Waals surface area contributed by atoms with Crippen LogP contribution in [0.25, 0.3) is 0 Å². The molecule has 1 aromatic rings. The molecule has 1 aliphatic carbocycles. The van der Waals surface area contributed by atoms with Crippen molar-refractivity contribution in [3.8, 4) is 6.01 Å². The lowest BCUT2D eigenvalue weighted by Crippen LogP contribution is -2.12. The van der Waals surface area contributed by atoms with Gasteiger partial charge in [0.2, 0.25) is 11.9 Å². The van der Waals surface area contributed by atoms with Crippen molar-refractivity contribution in [2.24, 2.45) is 16.7 Å². The van der Waals surface area contributed by atoms with Crippen molar-refractivity contribution in [1.82, 2.24) is 15.0 Å². The Kier molecular flexibility index (Phi) is 2.83. The zero-order valence-electron chi connectivity index (χ0n) is 11.6. The van der Waals surface area contributed by atoms with Crippen molar-refractivity contribution in [2.75, 3.05) is 24.7 Å². The van der Waals surface area contributed by atoms with Gasteiger partial charge in [-0.3, -0.25) is 0 Å². The Balaban J connectivity index is 2.02. The first-order valence-corrected chi connectivity index (χ1v) is 6.08. The Morgan fingerprint density at radius 3 is 2.28 bits per heavy atom. The zero-order valence-corrected chi connectivity index (χ0v) is 11.6. The van der Waals surface area contributed by atoms with Gasteiger partial charge in [-0.15, -0.1) is 0 Å². The largest absolute Gasteiger partial charge is 0.467 e. The highest BCUT2D eigenvalue weighted by molar-refractivity contribution is 5.33. The molecule has 6 nitrogen and oxygen atoms in total. The number of hydrogen-bond donors (Lipinski definition) is 2. The molecule has 1 aromatic heterocycles. The number of rotatable bonds is 4. The van der Waals surface area contributed by atoms with Crippen molar-refractivity contribution >= 4 is 11.9 Å². The summed E-state index contributed by atoms with van der Waals surface area (Å²) in [6.07, 6.45) is 0. The average Bonchev–Trinajstić information content (AvgIpc) is 2.66. The van der Waals surface area contributed by atoms with E-state index in [-0.39, 0.29) is 12.0 Å². The molecule has 1 fully saturated rings. The lowest BCUT2D eigenvalue weighted by molar-refractivity contribution is 0.379. The molecule has 0 spiro atoms. The summed E-state index contributed by atoms with van der Waals surface area (Å²) < 4.78 is 4.96. The number of nitrogens with two attached hydrogens (primary N) is 1. The monoisotopic (exact) mass is 251 g/mol. The van der Waals surface area contributed by atoms with Gasteiger partial charge in [-0.25, -0.2) is 0 Å². The number of ether oxygens (including phenoxy) is 1. The highest BCUT2D eigenvalue weighted by atomic mass is 16.5. The van der Waals surface area contributed by atoms with Crippen LogP contribution < -0.4 is 15.8 Å². The minimum Gasteiger partial charge on any atom is -0.467 e. The number of methoxy groups -OCH3 is 1. The lowest BCUT2D eigenvalue weighted by Gasteiger charge is -2.07. The van der Waals surface area contributed by atoms with Crippen molar-refractivity contribution in [3.63, 3.8) is 0 Å². The molecule has 1 heterocycles. The van der Waals surface area contributed by atoms with Crippen LogP contribution in [0.15, 0.2) is 0 Å². The molecule has 3 N–H and O–H groups in total. The summed E-state index contributed by atoms with van der Waals surface area (Å²) >= 11 is 0. The molecule has 0 aromatic carbocycles. The van der Waals surface area contributed by atoms with Crippen LogP contribution in [0.3, 0.4) is 0 Å². The van der Waals surface area contributed by atoms with Crippen molar-refractivity contribution in [1.29, 1.82) is 0 Å². The van der Waals surface area contributed by atoms with Crippen LogP contribution in [0.4, 0.5) is 11.9 Å². The molecule has 0 amide bonds. The first-order chi connectivity index (χ1) is 8.29. The quantitative estimate of drug-likeness (QED) is 0.844. The molecule has 6 heteroatoms. The second kappa shape index (κ2) is 3.96. The van der Waals surface area contributed by atoms with E-state index in [2.05, 4.69) is 48.0 Å². The maximum atomic E-state index is 5.58. The summed E-state index contributed by atoms with van der Waals surface area (Å²) in [6, 6.07) is 0.235. The third-order valence-electron chi connectivity index (χ3n) is 4.60. The van der Waals surface area contributed by atoms with Gasteiger partial charge in [-0.05, 0) is 16.7 Å². The zero-order chi connectivity index (χ0) is 13.6.